The molecule has 0 aliphatic carbocycles. The lowest BCUT2D eigenvalue weighted by molar-refractivity contribution is -0.114. The molecular formula is C20H24N2O2S. The molecule has 2 amide bonds. The van der Waals surface area contributed by atoms with Gasteiger partial charge in [0.15, 0.2) is 0 Å². The summed E-state index contributed by atoms with van der Waals surface area (Å²) in [4.78, 5) is 24.0. The number of carbonyl (C=O) groups is 2. The third kappa shape index (κ3) is 6.63. The summed E-state index contributed by atoms with van der Waals surface area (Å²) in [5.74, 6) is 0.281. The lowest BCUT2D eigenvalue weighted by Gasteiger charge is -2.09. The minimum atomic E-state index is -0.103. The molecule has 0 radical (unpaired) electrons. The van der Waals surface area contributed by atoms with Crippen molar-refractivity contribution in [3.63, 3.8) is 0 Å². The molecule has 2 N–H and O–H groups in total. The second-order valence-electron chi connectivity index (χ2n) is 6.34. The molecule has 0 aromatic heterocycles. The molecule has 0 aliphatic heterocycles. The van der Waals surface area contributed by atoms with Crippen LogP contribution in [0.4, 0.5) is 11.4 Å². The molecule has 0 aliphatic rings. The van der Waals surface area contributed by atoms with Gasteiger partial charge in [0.1, 0.15) is 0 Å². The Morgan fingerprint density at radius 2 is 1.00 bits per heavy atom. The normalized spacial score (nSPS) is 10.4. The largest absolute Gasteiger partial charge is 0.325 e. The van der Waals surface area contributed by atoms with Crippen LogP contribution in [0.25, 0.3) is 0 Å². The van der Waals surface area contributed by atoms with Gasteiger partial charge in [-0.05, 0) is 74.2 Å². The summed E-state index contributed by atoms with van der Waals surface area (Å²) in [6.45, 7) is 7.98. The second-order valence-corrected chi connectivity index (χ2v) is 7.33. The van der Waals surface area contributed by atoms with Gasteiger partial charge >= 0.3 is 0 Å². The Kier molecular flexibility index (Phi) is 6.65. The third-order valence-electron chi connectivity index (χ3n) is 3.48. The van der Waals surface area contributed by atoms with E-state index < -0.39 is 0 Å². The van der Waals surface area contributed by atoms with Crippen LogP contribution in [-0.4, -0.2) is 23.3 Å². The van der Waals surface area contributed by atoms with E-state index in [1.165, 1.54) is 11.8 Å². The van der Waals surface area contributed by atoms with E-state index in [2.05, 4.69) is 22.8 Å². The van der Waals surface area contributed by atoms with E-state index in [-0.39, 0.29) is 23.3 Å². The number of hydrogen-bond donors (Lipinski definition) is 2. The van der Waals surface area contributed by atoms with Crippen LogP contribution in [0, 0.1) is 27.7 Å². The number of aryl methyl sites for hydroxylation is 4. The Labute approximate surface area is 153 Å². The zero-order valence-electron chi connectivity index (χ0n) is 15.1. The van der Waals surface area contributed by atoms with Gasteiger partial charge < -0.3 is 10.6 Å². The first-order valence-corrected chi connectivity index (χ1v) is 9.31. The highest BCUT2D eigenvalue weighted by atomic mass is 32.2. The molecule has 25 heavy (non-hydrogen) atoms. The smallest absolute Gasteiger partial charge is 0.234 e. The summed E-state index contributed by atoms with van der Waals surface area (Å²) in [7, 11) is 0. The van der Waals surface area contributed by atoms with Crippen molar-refractivity contribution in [2.45, 2.75) is 27.7 Å². The van der Waals surface area contributed by atoms with E-state index in [0.29, 0.717) is 0 Å². The van der Waals surface area contributed by atoms with Crippen LogP contribution in [-0.2, 0) is 9.59 Å². The fraction of sp³-hybridized carbons (Fsp3) is 0.300. The highest BCUT2D eigenvalue weighted by molar-refractivity contribution is 8.00. The Morgan fingerprint density at radius 1 is 0.680 bits per heavy atom. The van der Waals surface area contributed by atoms with Crippen LogP contribution in [0.1, 0.15) is 22.3 Å². The van der Waals surface area contributed by atoms with E-state index in [0.717, 1.165) is 33.6 Å². The van der Waals surface area contributed by atoms with Crippen molar-refractivity contribution in [2.75, 3.05) is 22.1 Å². The van der Waals surface area contributed by atoms with E-state index in [1.54, 1.807) is 0 Å². The number of carbonyl (C=O) groups excluding carboxylic acids is 2. The average Bonchev–Trinajstić information content (AvgIpc) is 2.44. The number of anilines is 2. The molecule has 2 rings (SSSR count). The van der Waals surface area contributed by atoms with E-state index in [4.69, 9.17) is 0 Å². The van der Waals surface area contributed by atoms with E-state index in [1.807, 2.05) is 52.0 Å². The van der Waals surface area contributed by atoms with Gasteiger partial charge in [-0.15, -0.1) is 11.8 Å². The topological polar surface area (TPSA) is 58.2 Å². The van der Waals surface area contributed by atoms with Gasteiger partial charge in [0.2, 0.25) is 11.8 Å². The molecule has 0 heterocycles. The zero-order valence-corrected chi connectivity index (χ0v) is 15.9. The SMILES string of the molecule is Cc1cc(C)cc(NC(=O)CSCC(=O)Nc2cc(C)cc(C)c2)c1. The highest BCUT2D eigenvalue weighted by Gasteiger charge is 2.07. The number of nitrogens with one attached hydrogen (secondary N) is 2. The van der Waals surface area contributed by atoms with Gasteiger partial charge in [-0.25, -0.2) is 0 Å². The number of rotatable bonds is 6. The minimum absolute atomic E-state index is 0.103. The summed E-state index contributed by atoms with van der Waals surface area (Å²) in [5, 5.41) is 5.74. The first-order chi connectivity index (χ1) is 11.8. The highest BCUT2D eigenvalue weighted by Crippen LogP contribution is 2.16. The first kappa shape index (κ1) is 19.1. The van der Waals surface area contributed by atoms with Crippen molar-refractivity contribution in [1.82, 2.24) is 0 Å². The van der Waals surface area contributed by atoms with Crippen LogP contribution < -0.4 is 10.6 Å². The lowest BCUT2D eigenvalue weighted by Crippen LogP contribution is -2.18. The Balaban J connectivity index is 1.77. The molecule has 2 aromatic carbocycles. The molecule has 0 bridgehead atoms. The number of thioether (sulfide) groups is 1. The molecule has 0 unspecified atom stereocenters. The summed E-state index contributed by atoms with van der Waals surface area (Å²) in [6, 6.07) is 11.8. The second kappa shape index (κ2) is 8.72. The third-order valence-corrected chi connectivity index (χ3v) is 4.41. The van der Waals surface area contributed by atoms with Crippen LogP contribution in [0.15, 0.2) is 36.4 Å². The Hall–Kier alpha value is -2.27. The van der Waals surface area contributed by atoms with Crippen molar-refractivity contribution in [3.8, 4) is 0 Å². The van der Waals surface area contributed by atoms with Crippen LogP contribution >= 0.6 is 11.8 Å². The van der Waals surface area contributed by atoms with Gasteiger partial charge in [-0.3, -0.25) is 9.59 Å². The number of benzene rings is 2. The monoisotopic (exact) mass is 356 g/mol. The Morgan fingerprint density at radius 3 is 1.32 bits per heavy atom. The molecular weight excluding hydrogens is 332 g/mol. The Bertz CT molecular complexity index is 681. The van der Waals surface area contributed by atoms with Crippen LogP contribution in [0.3, 0.4) is 0 Å². The van der Waals surface area contributed by atoms with Crippen molar-refractivity contribution in [2.24, 2.45) is 0 Å². The van der Waals surface area contributed by atoms with Crippen LogP contribution in [0.2, 0.25) is 0 Å². The fourth-order valence-electron chi connectivity index (χ4n) is 2.72. The maximum absolute atomic E-state index is 12.0. The lowest BCUT2D eigenvalue weighted by atomic mass is 10.1. The van der Waals surface area contributed by atoms with Gasteiger partial charge in [-0.1, -0.05) is 12.1 Å². The maximum Gasteiger partial charge on any atom is 0.234 e. The number of hydrogen-bond acceptors (Lipinski definition) is 3. The quantitative estimate of drug-likeness (QED) is 0.814. The molecule has 4 nitrogen and oxygen atoms in total. The molecule has 0 spiro atoms. The maximum atomic E-state index is 12.0. The zero-order chi connectivity index (χ0) is 18.4. The summed E-state index contributed by atoms with van der Waals surface area (Å²) < 4.78 is 0. The first-order valence-electron chi connectivity index (χ1n) is 8.16. The van der Waals surface area contributed by atoms with Crippen molar-refractivity contribution in [1.29, 1.82) is 0 Å². The van der Waals surface area contributed by atoms with Crippen molar-refractivity contribution < 1.29 is 9.59 Å². The standard InChI is InChI=1S/C20H24N2O2S/c1-13-5-14(2)8-17(7-13)21-19(23)11-25-12-20(24)22-18-9-15(3)6-16(4)10-18/h5-10H,11-12H2,1-4H3,(H,21,23)(H,22,24). The van der Waals surface area contributed by atoms with Gasteiger partial charge in [0, 0.05) is 11.4 Å². The molecule has 5 heteroatoms. The molecule has 0 fully saturated rings. The fourth-order valence-corrected chi connectivity index (χ4v) is 3.34. The van der Waals surface area contributed by atoms with Gasteiger partial charge in [0.25, 0.3) is 0 Å². The van der Waals surface area contributed by atoms with Crippen molar-refractivity contribution >= 4 is 35.0 Å². The summed E-state index contributed by atoms with van der Waals surface area (Å²) >= 11 is 1.30. The predicted molar refractivity (Wildman–Crippen MR) is 106 cm³/mol. The van der Waals surface area contributed by atoms with Gasteiger partial charge in [0.05, 0.1) is 11.5 Å². The molecule has 2 aromatic rings. The average molecular weight is 356 g/mol. The summed E-state index contributed by atoms with van der Waals surface area (Å²) in [6.07, 6.45) is 0. The van der Waals surface area contributed by atoms with E-state index >= 15 is 0 Å². The molecule has 0 saturated heterocycles. The molecule has 132 valence electrons. The van der Waals surface area contributed by atoms with Crippen molar-refractivity contribution in [3.05, 3.63) is 58.7 Å². The summed E-state index contributed by atoms with van der Waals surface area (Å²) in [5.41, 5.74) is 6.02. The number of amides is 2. The predicted octanol–water partition coefficient (Wildman–Crippen LogP) is 4.23. The van der Waals surface area contributed by atoms with E-state index in [9.17, 15) is 9.59 Å². The van der Waals surface area contributed by atoms with Crippen LogP contribution in [0.5, 0.6) is 0 Å². The molecule has 0 saturated carbocycles. The molecule has 0 atom stereocenters. The minimum Gasteiger partial charge on any atom is -0.325 e. The van der Waals surface area contributed by atoms with Gasteiger partial charge in [-0.2, -0.15) is 0 Å².